The summed E-state index contributed by atoms with van der Waals surface area (Å²) in [6.07, 6.45) is 5.68. The van der Waals surface area contributed by atoms with E-state index in [1.807, 2.05) is 13.0 Å². The van der Waals surface area contributed by atoms with Gasteiger partial charge in [-0.15, -0.1) is 0 Å². The maximum Gasteiger partial charge on any atom is 0.212 e. The largest absolute Gasteiger partial charge is 0.492 e. The maximum absolute atomic E-state index is 13.0. The van der Waals surface area contributed by atoms with Gasteiger partial charge in [-0.2, -0.15) is 9.65 Å². The zero-order chi connectivity index (χ0) is 15.2. The topological polar surface area (TPSA) is 81.8 Å². The third-order valence-electron chi connectivity index (χ3n) is 2.80. The van der Waals surface area contributed by atoms with Crippen molar-refractivity contribution in [3.05, 3.63) is 59.1 Å². The van der Waals surface area contributed by atoms with Crippen molar-refractivity contribution in [1.29, 1.82) is 10.7 Å². The molecule has 0 saturated heterocycles. The first-order valence-electron chi connectivity index (χ1n) is 6.28. The summed E-state index contributed by atoms with van der Waals surface area (Å²) in [5.74, 6) is 0.00429. The Labute approximate surface area is 121 Å². The number of halogens is 1. The molecule has 0 fully saturated rings. The molecule has 1 aromatic heterocycles. The van der Waals surface area contributed by atoms with Crippen LogP contribution in [0.15, 0.2) is 47.6 Å². The molecule has 2 rings (SSSR count). The Balaban J connectivity index is 2.54. The Hall–Kier alpha value is -2.94. The first kappa shape index (κ1) is 14.5. The second-order valence-electron chi connectivity index (χ2n) is 4.10. The zero-order valence-electron chi connectivity index (χ0n) is 11.4. The number of nitrogens with one attached hydrogen (secondary N) is 2. The Morgan fingerprint density at radius 1 is 1.57 bits per heavy atom. The third kappa shape index (κ3) is 3.15. The lowest BCUT2D eigenvalue weighted by molar-refractivity contribution is 0.240. The Morgan fingerprint density at radius 3 is 2.95 bits per heavy atom. The van der Waals surface area contributed by atoms with Crippen LogP contribution in [0.1, 0.15) is 12.5 Å². The molecule has 21 heavy (non-hydrogen) atoms. The zero-order valence-corrected chi connectivity index (χ0v) is 11.4. The number of allylic oxidation sites excluding steroid dienone is 3. The number of dihydropyridines is 1. The van der Waals surface area contributed by atoms with Crippen LogP contribution >= 0.6 is 0 Å². The number of nitriles is 1. The Bertz CT molecular complexity index is 681. The number of hydrogen-bond acceptors (Lipinski definition) is 5. The predicted molar refractivity (Wildman–Crippen MR) is 76.4 cm³/mol. The Morgan fingerprint density at radius 2 is 2.38 bits per heavy atom. The van der Waals surface area contributed by atoms with Crippen molar-refractivity contribution >= 4 is 11.8 Å². The minimum atomic E-state index is -0.582. The van der Waals surface area contributed by atoms with Crippen LogP contribution in [0.3, 0.4) is 0 Å². The molecule has 0 amide bonds. The summed E-state index contributed by atoms with van der Waals surface area (Å²) in [6, 6.07) is 4.75. The summed E-state index contributed by atoms with van der Waals surface area (Å²) in [6.45, 7) is 2.35. The van der Waals surface area contributed by atoms with Gasteiger partial charge in [0.15, 0.2) is 0 Å². The van der Waals surface area contributed by atoms with Crippen molar-refractivity contribution in [3.8, 4) is 6.07 Å². The normalized spacial score (nSPS) is 16.0. The van der Waals surface area contributed by atoms with Crippen LogP contribution < -0.4 is 5.32 Å². The maximum atomic E-state index is 13.0. The van der Waals surface area contributed by atoms with Gasteiger partial charge in [0.05, 0.1) is 17.9 Å². The number of rotatable bonds is 4. The van der Waals surface area contributed by atoms with E-state index in [1.54, 1.807) is 18.3 Å². The average Bonchev–Trinajstić information content (AvgIpc) is 2.51. The summed E-state index contributed by atoms with van der Waals surface area (Å²) in [7, 11) is 0. The molecular weight excluding hydrogens is 271 g/mol. The highest BCUT2D eigenvalue weighted by Gasteiger charge is 2.17. The number of pyridine rings is 1. The molecule has 1 aromatic rings. The summed E-state index contributed by atoms with van der Waals surface area (Å²) in [4.78, 5) is 3.61. The van der Waals surface area contributed by atoms with E-state index >= 15 is 0 Å². The highest BCUT2D eigenvalue weighted by atomic mass is 19.1. The number of ether oxygens (including phenoxy) is 1. The van der Waals surface area contributed by atoms with Crippen molar-refractivity contribution in [1.82, 2.24) is 10.3 Å². The minimum absolute atomic E-state index is 0.164. The SMILES string of the molecule is CCOC1=CN/C(=C(/C#N)C=N)C(c2ccc(F)nc2)=C1. The molecule has 1 aliphatic rings. The third-order valence-corrected chi connectivity index (χ3v) is 2.80. The molecule has 0 unspecified atom stereocenters. The molecular formula is C15H13FN4O. The van der Waals surface area contributed by atoms with Crippen molar-refractivity contribution in [2.75, 3.05) is 6.61 Å². The molecule has 2 heterocycles. The fraction of sp³-hybridized carbons (Fsp3) is 0.133. The summed E-state index contributed by atoms with van der Waals surface area (Å²) in [5.41, 5.74) is 1.87. The van der Waals surface area contributed by atoms with Crippen molar-refractivity contribution in [3.63, 3.8) is 0 Å². The molecule has 106 valence electrons. The highest BCUT2D eigenvalue weighted by Crippen LogP contribution is 2.28. The molecule has 6 heteroatoms. The molecule has 0 radical (unpaired) electrons. The molecule has 0 atom stereocenters. The molecule has 1 aliphatic heterocycles. The van der Waals surface area contributed by atoms with Gasteiger partial charge in [0.2, 0.25) is 5.95 Å². The highest BCUT2D eigenvalue weighted by molar-refractivity contribution is 5.92. The average molecular weight is 284 g/mol. The first-order chi connectivity index (χ1) is 10.2. The molecule has 2 N–H and O–H groups in total. The molecule has 5 nitrogen and oxygen atoms in total. The second kappa shape index (κ2) is 6.48. The van der Waals surface area contributed by atoms with Gasteiger partial charge in [0, 0.05) is 29.7 Å². The van der Waals surface area contributed by atoms with E-state index in [0.29, 0.717) is 29.2 Å². The molecule has 0 aromatic carbocycles. The number of hydrogen-bond donors (Lipinski definition) is 2. The Kier molecular flexibility index (Phi) is 4.46. The van der Waals surface area contributed by atoms with Crippen LogP contribution in [-0.4, -0.2) is 17.8 Å². The monoisotopic (exact) mass is 284 g/mol. The minimum Gasteiger partial charge on any atom is -0.492 e. The van der Waals surface area contributed by atoms with E-state index in [0.717, 1.165) is 6.21 Å². The van der Waals surface area contributed by atoms with Gasteiger partial charge in [-0.05, 0) is 25.1 Å². The lowest BCUT2D eigenvalue weighted by atomic mass is 9.98. The van der Waals surface area contributed by atoms with E-state index in [4.69, 9.17) is 15.4 Å². The lowest BCUT2D eigenvalue weighted by Gasteiger charge is -2.19. The van der Waals surface area contributed by atoms with Crippen molar-refractivity contribution < 1.29 is 9.13 Å². The van der Waals surface area contributed by atoms with E-state index in [1.165, 1.54) is 12.3 Å². The molecule has 0 bridgehead atoms. The van der Waals surface area contributed by atoms with Crippen LogP contribution in [0.25, 0.3) is 5.57 Å². The summed E-state index contributed by atoms with van der Waals surface area (Å²) in [5, 5.41) is 19.4. The molecule has 0 saturated carbocycles. The van der Waals surface area contributed by atoms with Gasteiger partial charge in [-0.3, -0.25) is 0 Å². The summed E-state index contributed by atoms with van der Waals surface area (Å²) >= 11 is 0. The molecule has 0 aliphatic carbocycles. The van der Waals surface area contributed by atoms with Gasteiger partial charge < -0.3 is 15.5 Å². The van der Waals surface area contributed by atoms with E-state index in [2.05, 4.69) is 10.3 Å². The van der Waals surface area contributed by atoms with Crippen molar-refractivity contribution in [2.24, 2.45) is 0 Å². The van der Waals surface area contributed by atoms with Crippen LogP contribution in [0.4, 0.5) is 4.39 Å². The van der Waals surface area contributed by atoms with E-state index < -0.39 is 5.95 Å². The van der Waals surface area contributed by atoms with Crippen LogP contribution in [-0.2, 0) is 4.74 Å². The fourth-order valence-electron chi connectivity index (χ4n) is 1.87. The van der Waals surface area contributed by atoms with Crippen LogP contribution in [0.5, 0.6) is 0 Å². The molecule has 0 spiro atoms. The van der Waals surface area contributed by atoms with Crippen LogP contribution in [0.2, 0.25) is 0 Å². The number of aromatic nitrogens is 1. The van der Waals surface area contributed by atoms with Gasteiger partial charge in [-0.1, -0.05) is 0 Å². The standard InChI is InChI=1S/C15H13FN4O/c1-2-21-12-5-13(10-3-4-14(16)19-8-10)15(20-9-12)11(6-17)7-18/h3-6,8-9,17,20H,2H2,1H3/b15-11+,17-6?. The van der Waals surface area contributed by atoms with Crippen LogP contribution in [0, 0.1) is 22.7 Å². The number of nitrogens with zero attached hydrogens (tertiary/aromatic N) is 2. The van der Waals surface area contributed by atoms with Gasteiger partial charge >= 0.3 is 0 Å². The van der Waals surface area contributed by atoms with E-state index in [-0.39, 0.29) is 5.57 Å². The van der Waals surface area contributed by atoms with Gasteiger partial charge in [0.25, 0.3) is 0 Å². The van der Waals surface area contributed by atoms with Gasteiger partial charge in [-0.25, -0.2) is 4.98 Å². The fourth-order valence-corrected chi connectivity index (χ4v) is 1.87. The first-order valence-corrected chi connectivity index (χ1v) is 6.28. The van der Waals surface area contributed by atoms with Crippen molar-refractivity contribution in [2.45, 2.75) is 6.92 Å². The van der Waals surface area contributed by atoms with E-state index in [9.17, 15) is 4.39 Å². The van der Waals surface area contributed by atoms with Gasteiger partial charge in [0.1, 0.15) is 11.8 Å². The predicted octanol–water partition coefficient (Wildman–Crippen LogP) is 2.51. The summed E-state index contributed by atoms with van der Waals surface area (Å²) < 4.78 is 18.4. The lowest BCUT2D eigenvalue weighted by Crippen LogP contribution is -2.16. The smallest absolute Gasteiger partial charge is 0.212 e. The second-order valence-corrected chi connectivity index (χ2v) is 4.10. The quantitative estimate of drug-likeness (QED) is 0.505.